The average molecular weight is 459 g/mol. The lowest BCUT2D eigenvalue weighted by molar-refractivity contribution is 0.102. The van der Waals surface area contributed by atoms with Crippen LogP contribution < -0.4 is 14.8 Å². The van der Waals surface area contributed by atoms with Crippen LogP contribution in [-0.2, 0) is 10.0 Å². The fourth-order valence-electron chi connectivity index (χ4n) is 2.90. The van der Waals surface area contributed by atoms with Gasteiger partial charge in [-0.15, -0.1) is 0 Å². The third-order valence-electron chi connectivity index (χ3n) is 4.66. The molecular weight excluding hydrogens is 436 g/mol. The quantitative estimate of drug-likeness (QED) is 0.495. The minimum atomic E-state index is -3.88. The van der Waals surface area contributed by atoms with E-state index in [1.807, 2.05) is 19.9 Å². The van der Waals surface area contributed by atoms with E-state index in [2.05, 4.69) is 10.0 Å². The van der Waals surface area contributed by atoms with Crippen LogP contribution in [0.5, 0.6) is 5.75 Å². The highest BCUT2D eigenvalue weighted by atomic mass is 35.5. The first-order chi connectivity index (χ1) is 14.7. The van der Waals surface area contributed by atoms with Gasteiger partial charge in [-0.1, -0.05) is 23.7 Å². The summed E-state index contributed by atoms with van der Waals surface area (Å²) in [4.78, 5) is 12.6. The van der Waals surface area contributed by atoms with E-state index in [-0.39, 0.29) is 10.6 Å². The van der Waals surface area contributed by atoms with E-state index in [1.54, 1.807) is 37.3 Å². The molecule has 0 spiro atoms. The van der Waals surface area contributed by atoms with Crippen molar-refractivity contribution >= 4 is 38.9 Å². The number of halogens is 1. The molecule has 31 heavy (non-hydrogen) atoms. The maximum atomic E-state index is 12.9. The Hall–Kier alpha value is -3.03. The molecule has 0 aliphatic carbocycles. The van der Waals surface area contributed by atoms with E-state index in [9.17, 15) is 13.2 Å². The average Bonchev–Trinajstić information content (AvgIpc) is 2.72. The molecule has 0 unspecified atom stereocenters. The number of anilines is 2. The largest absolute Gasteiger partial charge is 0.492 e. The lowest BCUT2D eigenvalue weighted by atomic mass is 10.1. The second-order valence-electron chi connectivity index (χ2n) is 6.96. The Morgan fingerprint density at radius 3 is 2.45 bits per heavy atom. The van der Waals surface area contributed by atoms with E-state index in [0.717, 1.165) is 11.1 Å². The van der Waals surface area contributed by atoms with Gasteiger partial charge in [0, 0.05) is 16.3 Å². The van der Waals surface area contributed by atoms with Crippen LogP contribution in [0.25, 0.3) is 0 Å². The molecule has 0 heterocycles. The highest BCUT2D eigenvalue weighted by molar-refractivity contribution is 7.92. The minimum absolute atomic E-state index is 0.00410. The molecule has 2 N–H and O–H groups in total. The number of aryl methyl sites for hydroxylation is 2. The predicted molar refractivity (Wildman–Crippen MR) is 124 cm³/mol. The summed E-state index contributed by atoms with van der Waals surface area (Å²) >= 11 is 5.96. The Bertz CT molecular complexity index is 1230. The van der Waals surface area contributed by atoms with Gasteiger partial charge in [-0.2, -0.15) is 0 Å². The first-order valence-corrected chi connectivity index (χ1v) is 11.5. The topological polar surface area (TPSA) is 84.5 Å². The molecule has 1 amide bonds. The predicted octanol–water partition coefficient (Wildman–Crippen LogP) is 5.41. The zero-order valence-corrected chi connectivity index (χ0v) is 19.0. The van der Waals surface area contributed by atoms with Gasteiger partial charge >= 0.3 is 0 Å². The Morgan fingerprint density at radius 2 is 1.77 bits per heavy atom. The molecule has 0 fully saturated rings. The number of carbonyl (C=O) groups is 1. The number of hydrogen-bond donors (Lipinski definition) is 2. The van der Waals surface area contributed by atoms with Gasteiger partial charge in [-0.05, 0) is 80.4 Å². The molecule has 8 heteroatoms. The van der Waals surface area contributed by atoms with Crippen LogP contribution in [0.4, 0.5) is 11.4 Å². The first-order valence-electron chi connectivity index (χ1n) is 9.63. The molecule has 0 radical (unpaired) electrons. The molecular formula is C23H23ClN2O4S. The number of hydrogen-bond acceptors (Lipinski definition) is 4. The zero-order valence-electron chi connectivity index (χ0n) is 17.4. The number of rotatable bonds is 7. The van der Waals surface area contributed by atoms with Gasteiger partial charge in [0.2, 0.25) is 0 Å². The van der Waals surface area contributed by atoms with Gasteiger partial charge in [0.25, 0.3) is 15.9 Å². The summed E-state index contributed by atoms with van der Waals surface area (Å²) in [5.74, 6) is -0.0665. The molecule has 3 rings (SSSR count). The Balaban J connectivity index is 1.92. The van der Waals surface area contributed by atoms with Gasteiger partial charge < -0.3 is 10.1 Å². The number of benzene rings is 3. The van der Waals surface area contributed by atoms with Crippen molar-refractivity contribution in [2.24, 2.45) is 0 Å². The fourth-order valence-corrected chi connectivity index (χ4v) is 4.16. The summed E-state index contributed by atoms with van der Waals surface area (Å²) in [6, 6.07) is 16.1. The number of nitrogens with one attached hydrogen (secondary N) is 2. The van der Waals surface area contributed by atoms with Crippen LogP contribution in [0.3, 0.4) is 0 Å². The van der Waals surface area contributed by atoms with Crippen molar-refractivity contribution in [1.82, 2.24) is 0 Å². The van der Waals surface area contributed by atoms with Crippen LogP contribution in [0.15, 0.2) is 65.6 Å². The molecule has 0 saturated heterocycles. The number of carbonyl (C=O) groups excluding carboxylic acids is 1. The van der Waals surface area contributed by atoms with E-state index in [1.165, 1.54) is 24.3 Å². The molecule has 0 atom stereocenters. The highest BCUT2D eigenvalue weighted by Crippen LogP contribution is 2.30. The Morgan fingerprint density at radius 1 is 1.00 bits per heavy atom. The van der Waals surface area contributed by atoms with Crippen LogP contribution in [0.2, 0.25) is 5.02 Å². The maximum Gasteiger partial charge on any atom is 0.261 e. The van der Waals surface area contributed by atoms with E-state index in [0.29, 0.717) is 28.6 Å². The molecule has 3 aromatic rings. The van der Waals surface area contributed by atoms with E-state index >= 15 is 0 Å². The summed E-state index contributed by atoms with van der Waals surface area (Å²) in [6.45, 7) is 6.02. The van der Waals surface area contributed by atoms with Gasteiger partial charge in [-0.25, -0.2) is 8.42 Å². The Kier molecular flexibility index (Phi) is 6.87. The van der Waals surface area contributed by atoms with Crippen LogP contribution in [-0.4, -0.2) is 20.9 Å². The summed E-state index contributed by atoms with van der Waals surface area (Å²) in [5.41, 5.74) is 3.09. The lowest BCUT2D eigenvalue weighted by Gasteiger charge is -2.15. The Labute approximate surface area is 187 Å². The third-order valence-corrected chi connectivity index (χ3v) is 6.27. The molecule has 0 aliphatic rings. The second kappa shape index (κ2) is 9.41. The van der Waals surface area contributed by atoms with Gasteiger partial charge in [0.1, 0.15) is 5.75 Å². The molecule has 0 saturated carbocycles. The SMILES string of the molecule is CCOc1ccc(S(=O)(=O)Nc2ccc(C)c(C)c2)cc1NC(=O)c1cccc(Cl)c1. The molecule has 0 bridgehead atoms. The second-order valence-corrected chi connectivity index (χ2v) is 9.08. The van der Waals surface area contributed by atoms with Crippen molar-refractivity contribution in [2.75, 3.05) is 16.6 Å². The zero-order chi connectivity index (χ0) is 22.6. The lowest BCUT2D eigenvalue weighted by Crippen LogP contribution is -2.16. The highest BCUT2D eigenvalue weighted by Gasteiger charge is 2.19. The third kappa shape index (κ3) is 5.57. The molecule has 162 valence electrons. The molecule has 3 aromatic carbocycles. The van der Waals surface area contributed by atoms with Crippen molar-refractivity contribution < 1.29 is 17.9 Å². The van der Waals surface area contributed by atoms with Gasteiger partial charge in [0.15, 0.2) is 0 Å². The van der Waals surface area contributed by atoms with Gasteiger partial charge in [-0.3, -0.25) is 9.52 Å². The van der Waals surface area contributed by atoms with Crippen molar-refractivity contribution in [1.29, 1.82) is 0 Å². The van der Waals surface area contributed by atoms with E-state index < -0.39 is 15.9 Å². The first kappa shape index (κ1) is 22.7. The molecule has 0 aliphatic heterocycles. The summed E-state index contributed by atoms with van der Waals surface area (Å²) in [5, 5.41) is 3.14. The number of amides is 1. The van der Waals surface area contributed by atoms with Gasteiger partial charge in [0.05, 0.1) is 17.2 Å². The number of ether oxygens (including phenoxy) is 1. The summed E-state index contributed by atoms with van der Waals surface area (Å²) in [7, 11) is -3.88. The normalized spacial score (nSPS) is 11.1. The summed E-state index contributed by atoms with van der Waals surface area (Å²) in [6.07, 6.45) is 0. The van der Waals surface area contributed by atoms with Crippen molar-refractivity contribution in [3.8, 4) is 5.75 Å². The van der Waals surface area contributed by atoms with E-state index in [4.69, 9.17) is 16.3 Å². The van der Waals surface area contributed by atoms with Crippen LogP contribution in [0.1, 0.15) is 28.4 Å². The van der Waals surface area contributed by atoms with Crippen molar-refractivity contribution in [2.45, 2.75) is 25.7 Å². The van der Waals surface area contributed by atoms with Crippen LogP contribution >= 0.6 is 11.6 Å². The molecule has 6 nitrogen and oxygen atoms in total. The van der Waals surface area contributed by atoms with Crippen molar-refractivity contribution in [3.05, 3.63) is 82.4 Å². The van der Waals surface area contributed by atoms with Crippen LogP contribution in [0, 0.1) is 13.8 Å². The van der Waals surface area contributed by atoms with Crippen molar-refractivity contribution in [3.63, 3.8) is 0 Å². The fraction of sp³-hybridized carbons (Fsp3) is 0.174. The monoisotopic (exact) mass is 458 g/mol. The minimum Gasteiger partial charge on any atom is -0.492 e. The summed E-state index contributed by atoms with van der Waals surface area (Å²) < 4.78 is 34.0. The number of sulfonamides is 1. The standard InChI is InChI=1S/C23H23ClN2O4S/c1-4-30-22-11-10-20(31(28,29)26-19-9-8-15(2)16(3)12-19)14-21(22)25-23(27)17-6-5-7-18(24)13-17/h5-14,26H,4H2,1-3H3,(H,25,27). The molecule has 0 aromatic heterocycles. The smallest absolute Gasteiger partial charge is 0.261 e. The maximum absolute atomic E-state index is 12.9.